The van der Waals surface area contributed by atoms with Crippen molar-refractivity contribution in [2.24, 2.45) is 10.7 Å². The molecule has 9 heteroatoms. The second kappa shape index (κ2) is 9.16. The molecule has 6 nitrogen and oxygen atoms in total. The fraction of sp³-hybridized carbons (Fsp3) is 0.353. The van der Waals surface area contributed by atoms with Crippen LogP contribution >= 0.6 is 35.3 Å². The molecule has 142 valence electrons. The van der Waals surface area contributed by atoms with E-state index in [0.29, 0.717) is 0 Å². The summed E-state index contributed by atoms with van der Waals surface area (Å²) in [6, 6.07) is 9.29. The van der Waals surface area contributed by atoms with Crippen LogP contribution in [-0.4, -0.2) is 37.9 Å². The Kier molecular flexibility index (Phi) is 7.44. The summed E-state index contributed by atoms with van der Waals surface area (Å²) in [5.74, 6) is -0.214. The summed E-state index contributed by atoms with van der Waals surface area (Å²) < 4.78 is 24.5. The van der Waals surface area contributed by atoms with Gasteiger partial charge in [0.15, 0.2) is 15.8 Å². The maximum atomic E-state index is 12.1. The standard InChI is InChI=1S/C17H21N3O3S2.HI/c18-17(20-14-7-6-12-3-1-4-13(12)9-14)19-10-15(21)11-25(22,23)16-5-2-8-24-16;/h2,5-9,15,21H,1,3-4,10-11H2,(H3,18,19,20);1H. The first-order chi connectivity index (χ1) is 11.9. The average molecular weight is 507 g/mol. The number of thiophene rings is 1. The summed E-state index contributed by atoms with van der Waals surface area (Å²) in [5, 5.41) is 14.6. The molecule has 0 fully saturated rings. The van der Waals surface area contributed by atoms with E-state index in [9.17, 15) is 13.5 Å². The van der Waals surface area contributed by atoms with Crippen LogP contribution < -0.4 is 11.1 Å². The van der Waals surface area contributed by atoms with Crippen molar-refractivity contribution in [3.8, 4) is 0 Å². The number of halogens is 1. The molecule has 0 bridgehead atoms. The van der Waals surface area contributed by atoms with Gasteiger partial charge in [0.2, 0.25) is 0 Å². The van der Waals surface area contributed by atoms with E-state index in [-0.39, 0.29) is 46.4 Å². The van der Waals surface area contributed by atoms with Crippen molar-refractivity contribution in [1.29, 1.82) is 0 Å². The van der Waals surface area contributed by atoms with Crippen LogP contribution in [0.4, 0.5) is 5.69 Å². The predicted molar refractivity (Wildman–Crippen MR) is 116 cm³/mol. The number of hydrogen-bond donors (Lipinski definition) is 3. The zero-order valence-electron chi connectivity index (χ0n) is 14.1. The van der Waals surface area contributed by atoms with Gasteiger partial charge in [0.25, 0.3) is 0 Å². The lowest BCUT2D eigenvalue weighted by Gasteiger charge is -2.10. The number of aryl methyl sites for hydroxylation is 2. The maximum Gasteiger partial charge on any atom is 0.193 e. The number of nitrogens with two attached hydrogens (primary N) is 1. The molecule has 2 aromatic rings. The number of benzene rings is 1. The molecule has 0 saturated carbocycles. The Labute approximate surface area is 174 Å². The number of nitrogens with one attached hydrogen (secondary N) is 1. The summed E-state index contributed by atoms with van der Waals surface area (Å²) in [5.41, 5.74) is 9.38. The molecule has 0 saturated heterocycles. The van der Waals surface area contributed by atoms with Crippen LogP contribution in [0.1, 0.15) is 17.5 Å². The number of fused-ring (bicyclic) bond motifs is 1. The quantitative estimate of drug-likeness (QED) is 0.317. The highest BCUT2D eigenvalue weighted by Gasteiger charge is 2.20. The van der Waals surface area contributed by atoms with Crippen LogP contribution in [0.5, 0.6) is 0 Å². The topological polar surface area (TPSA) is 105 Å². The first-order valence-corrected chi connectivity index (χ1v) is 10.6. The summed E-state index contributed by atoms with van der Waals surface area (Å²) in [4.78, 5) is 4.05. The van der Waals surface area contributed by atoms with E-state index < -0.39 is 15.9 Å². The Balaban J connectivity index is 0.00000243. The molecule has 26 heavy (non-hydrogen) atoms. The van der Waals surface area contributed by atoms with Gasteiger partial charge in [0, 0.05) is 5.69 Å². The van der Waals surface area contributed by atoms with Crippen LogP contribution in [-0.2, 0) is 22.7 Å². The molecule has 1 heterocycles. The predicted octanol–water partition coefficient (Wildman–Crippen LogP) is 2.42. The highest BCUT2D eigenvalue weighted by atomic mass is 127. The number of guanidine groups is 1. The fourth-order valence-corrected chi connectivity index (χ4v) is 5.34. The van der Waals surface area contributed by atoms with Crippen molar-refractivity contribution in [2.45, 2.75) is 29.6 Å². The van der Waals surface area contributed by atoms with E-state index in [4.69, 9.17) is 5.73 Å². The number of sulfone groups is 1. The second-order valence-corrected chi connectivity index (χ2v) is 9.26. The van der Waals surface area contributed by atoms with Gasteiger partial charge in [-0.2, -0.15) is 0 Å². The van der Waals surface area contributed by atoms with Crippen molar-refractivity contribution in [3.05, 3.63) is 46.8 Å². The summed E-state index contributed by atoms with van der Waals surface area (Å²) in [7, 11) is -3.49. The zero-order chi connectivity index (χ0) is 17.9. The number of nitrogens with zero attached hydrogens (tertiary/aromatic N) is 1. The van der Waals surface area contributed by atoms with E-state index in [0.717, 1.165) is 29.9 Å². The van der Waals surface area contributed by atoms with E-state index in [1.807, 2.05) is 6.07 Å². The zero-order valence-corrected chi connectivity index (χ0v) is 18.1. The first-order valence-electron chi connectivity index (χ1n) is 8.07. The van der Waals surface area contributed by atoms with E-state index in [2.05, 4.69) is 22.4 Å². The van der Waals surface area contributed by atoms with Gasteiger partial charge in [-0.3, -0.25) is 4.99 Å². The number of anilines is 1. The molecule has 1 atom stereocenters. The maximum absolute atomic E-state index is 12.1. The summed E-state index contributed by atoms with van der Waals surface area (Å²) >= 11 is 1.14. The molecule has 0 amide bonds. The second-order valence-electron chi connectivity index (χ2n) is 6.06. The molecule has 1 aliphatic rings. The van der Waals surface area contributed by atoms with Gasteiger partial charge in [-0.15, -0.1) is 35.3 Å². The molecule has 3 rings (SSSR count). The Bertz CT molecular complexity index is 867. The molecule has 1 aromatic heterocycles. The van der Waals surface area contributed by atoms with Crippen molar-refractivity contribution in [3.63, 3.8) is 0 Å². The lowest BCUT2D eigenvalue weighted by Crippen LogP contribution is -2.28. The smallest absolute Gasteiger partial charge is 0.193 e. The van der Waals surface area contributed by atoms with Gasteiger partial charge in [-0.05, 0) is 54.0 Å². The minimum Gasteiger partial charge on any atom is -0.390 e. The number of aliphatic hydroxyl groups excluding tert-OH is 1. The Morgan fingerprint density at radius 3 is 2.81 bits per heavy atom. The molecular weight excluding hydrogens is 485 g/mol. The van der Waals surface area contributed by atoms with Gasteiger partial charge in [-0.25, -0.2) is 8.42 Å². The molecule has 1 aliphatic carbocycles. The molecule has 4 N–H and O–H groups in total. The van der Waals surface area contributed by atoms with Gasteiger partial charge in [0.1, 0.15) is 4.21 Å². The van der Waals surface area contributed by atoms with Crippen molar-refractivity contribution in [2.75, 3.05) is 17.6 Å². The van der Waals surface area contributed by atoms with Crippen LogP contribution in [0.3, 0.4) is 0 Å². The largest absolute Gasteiger partial charge is 0.390 e. The Morgan fingerprint density at radius 2 is 2.08 bits per heavy atom. The minimum atomic E-state index is -3.49. The van der Waals surface area contributed by atoms with Gasteiger partial charge in [-0.1, -0.05) is 12.1 Å². The number of rotatable bonds is 6. The van der Waals surface area contributed by atoms with E-state index >= 15 is 0 Å². The monoisotopic (exact) mass is 507 g/mol. The summed E-state index contributed by atoms with van der Waals surface area (Å²) in [6.45, 7) is -0.0750. The highest BCUT2D eigenvalue weighted by molar-refractivity contribution is 14.0. The normalized spacial score (nSPS) is 15.2. The van der Waals surface area contributed by atoms with Crippen LogP contribution in [0.2, 0.25) is 0 Å². The molecule has 1 unspecified atom stereocenters. The number of hydrogen-bond acceptors (Lipinski definition) is 5. The van der Waals surface area contributed by atoms with Crippen molar-refractivity contribution >= 4 is 56.8 Å². The summed E-state index contributed by atoms with van der Waals surface area (Å²) in [6.07, 6.45) is 2.26. The molecule has 0 radical (unpaired) electrons. The third kappa shape index (κ3) is 5.41. The third-order valence-corrected chi connectivity index (χ3v) is 7.34. The average Bonchev–Trinajstić information content (AvgIpc) is 3.23. The van der Waals surface area contributed by atoms with Gasteiger partial charge < -0.3 is 16.2 Å². The van der Waals surface area contributed by atoms with Crippen LogP contribution in [0.15, 0.2) is 44.9 Å². The fourth-order valence-electron chi connectivity index (χ4n) is 2.87. The lowest BCUT2D eigenvalue weighted by atomic mass is 10.1. The number of aliphatic imine (C=N–C) groups is 1. The van der Waals surface area contributed by atoms with Gasteiger partial charge >= 0.3 is 0 Å². The molecular formula is C17H22IN3O3S2. The molecule has 0 aliphatic heterocycles. The minimum absolute atomic E-state index is 0. The van der Waals surface area contributed by atoms with E-state index in [1.54, 1.807) is 11.4 Å². The SMILES string of the molecule is I.NC(=NCC(O)CS(=O)(=O)c1cccs1)Nc1ccc2c(c1)CCC2. The Morgan fingerprint density at radius 1 is 1.31 bits per heavy atom. The lowest BCUT2D eigenvalue weighted by molar-refractivity contribution is 0.206. The van der Waals surface area contributed by atoms with Crippen molar-refractivity contribution < 1.29 is 13.5 Å². The first kappa shape index (κ1) is 21.1. The van der Waals surface area contributed by atoms with Crippen LogP contribution in [0.25, 0.3) is 0 Å². The molecule has 1 aromatic carbocycles. The number of aliphatic hydroxyl groups is 1. The van der Waals surface area contributed by atoms with Gasteiger partial charge in [0.05, 0.1) is 18.4 Å². The van der Waals surface area contributed by atoms with E-state index in [1.165, 1.54) is 23.6 Å². The third-order valence-electron chi connectivity index (χ3n) is 4.06. The van der Waals surface area contributed by atoms with Crippen molar-refractivity contribution in [1.82, 2.24) is 0 Å². The molecule has 0 spiro atoms. The highest BCUT2D eigenvalue weighted by Crippen LogP contribution is 2.24. The Hall–Kier alpha value is -1.17. The van der Waals surface area contributed by atoms with Crippen LogP contribution in [0, 0.1) is 0 Å².